The molecule has 2 N–H and O–H groups in total. The lowest BCUT2D eigenvalue weighted by Gasteiger charge is -2.27. The van der Waals surface area contributed by atoms with Crippen molar-refractivity contribution < 1.29 is 4.79 Å². The van der Waals surface area contributed by atoms with Crippen LogP contribution in [0.25, 0.3) is 0 Å². The summed E-state index contributed by atoms with van der Waals surface area (Å²) >= 11 is 0. The largest absolute Gasteiger partial charge is 0.382 e. The van der Waals surface area contributed by atoms with Crippen molar-refractivity contribution >= 4 is 17.3 Å². The van der Waals surface area contributed by atoms with Gasteiger partial charge in [0.15, 0.2) is 0 Å². The zero-order chi connectivity index (χ0) is 13.9. The van der Waals surface area contributed by atoms with Gasteiger partial charge in [-0.2, -0.15) is 0 Å². The molecule has 0 aliphatic heterocycles. The number of carbonyl (C=O) groups excluding carboxylic acids is 1. The van der Waals surface area contributed by atoms with E-state index >= 15 is 0 Å². The van der Waals surface area contributed by atoms with Crippen LogP contribution in [0, 0.1) is 11.8 Å². The van der Waals surface area contributed by atoms with Crippen LogP contribution < -0.4 is 10.6 Å². The average Bonchev–Trinajstić information content (AvgIpc) is 3.28. The van der Waals surface area contributed by atoms with Crippen LogP contribution in [0.3, 0.4) is 0 Å². The summed E-state index contributed by atoms with van der Waals surface area (Å²) in [5.41, 5.74) is 2.07. The third-order valence-corrected chi connectivity index (χ3v) is 4.49. The predicted molar refractivity (Wildman–Crippen MR) is 82.8 cm³/mol. The monoisotopic (exact) mass is 272 g/mol. The molecule has 3 heteroatoms. The molecule has 0 atom stereocenters. The number of benzene rings is 1. The Labute approximate surface area is 121 Å². The second-order valence-corrected chi connectivity index (χ2v) is 6.44. The van der Waals surface area contributed by atoms with Crippen molar-refractivity contribution in [2.45, 2.75) is 51.5 Å². The minimum atomic E-state index is 0.173. The molecule has 0 heterocycles. The first-order valence-corrected chi connectivity index (χ1v) is 7.88. The topological polar surface area (TPSA) is 41.1 Å². The van der Waals surface area contributed by atoms with Gasteiger partial charge in [0.1, 0.15) is 0 Å². The molecule has 3 rings (SSSR count). The van der Waals surface area contributed by atoms with Crippen LogP contribution in [-0.2, 0) is 4.79 Å². The Bertz CT molecular complexity index is 456. The summed E-state index contributed by atoms with van der Waals surface area (Å²) in [6.07, 6.45) is 7.28. The quantitative estimate of drug-likeness (QED) is 0.869. The fourth-order valence-electron chi connectivity index (χ4n) is 2.88. The van der Waals surface area contributed by atoms with Crippen LogP contribution >= 0.6 is 0 Å². The minimum absolute atomic E-state index is 0.173. The van der Waals surface area contributed by atoms with Gasteiger partial charge in [-0.25, -0.2) is 0 Å². The maximum absolute atomic E-state index is 11.7. The van der Waals surface area contributed by atoms with Crippen LogP contribution in [-0.4, -0.2) is 11.9 Å². The van der Waals surface area contributed by atoms with Gasteiger partial charge in [0, 0.05) is 23.3 Å². The Morgan fingerprint density at radius 3 is 2.15 bits per heavy atom. The van der Waals surface area contributed by atoms with Gasteiger partial charge >= 0.3 is 0 Å². The number of rotatable bonds is 4. The molecule has 1 amide bonds. The standard InChI is InChI=1S/C17H24N2O/c1-12-2-6-14(7-3-12)18-15-8-10-16(11-9-15)19-17(20)13-4-5-13/h8-14,18H,2-7H2,1H3,(H,19,20). The minimum Gasteiger partial charge on any atom is -0.382 e. The predicted octanol–water partition coefficient (Wildman–Crippen LogP) is 4.03. The van der Waals surface area contributed by atoms with E-state index in [1.807, 2.05) is 12.1 Å². The second-order valence-electron chi connectivity index (χ2n) is 6.44. The molecule has 0 aromatic heterocycles. The highest BCUT2D eigenvalue weighted by atomic mass is 16.2. The first-order valence-electron chi connectivity index (χ1n) is 7.88. The van der Waals surface area contributed by atoms with E-state index in [0.29, 0.717) is 6.04 Å². The van der Waals surface area contributed by atoms with Crippen LogP contribution in [0.15, 0.2) is 24.3 Å². The number of hydrogen-bond donors (Lipinski definition) is 2. The third-order valence-electron chi connectivity index (χ3n) is 4.49. The molecule has 108 valence electrons. The molecule has 2 saturated carbocycles. The summed E-state index contributed by atoms with van der Waals surface area (Å²) in [4.78, 5) is 11.7. The van der Waals surface area contributed by atoms with E-state index in [1.54, 1.807) is 0 Å². The van der Waals surface area contributed by atoms with Gasteiger partial charge in [0.25, 0.3) is 0 Å². The fourth-order valence-corrected chi connectivity index (χ4v) is 2.88. The number of anilines is 2. The highest BCUT2D eigenvalue weighted by Crippen LogP contribution is 2.30. The van der Waals surface area contributed by atoms with Crippen LogP contribution in [0.2, 0.25) is 0 Å². The summed E-state index contributed by atoms with van der Waals surface area (Å²) in [5, 5.41) is 6.58. The highest BCUT2D eigenvalue weighted by molar-refractivity contribution is 5.94. The molecule has 0 bridgehead atoms. The highest BCUT2D eigenvalue weighted by Gasteiger charge is 2.29. The molecular weight excluding hydrogens is 248 g/mol. The first kappa shape index (κ1) is 13.5. The van der Waals surface area contributed by atoms with Crippen molar-refractivity contribution in [2.24, 2.45) is 11.8 Å². The van der Waals surface area contributed by atoms with Crippen molar-refractivity contribution in [2.75, 3.05) is 10.6 Å². The number of hydrogen-bond acceptors (Lipinski definition) is 2. The Morgan fingerprint density at radius 2 is 1.55 bits per heavy atom. The van der Waals surface area contributed by atoms with Crippen molar-refractivity contribution in [1.29, 1.82) is 0 Å². The van der Waals surface area contributed by atoms with Crippen molar-refractivity contribution in [3.8, 4) is 0 Å². The smallest absolute Gasteiger partial charge is 0.227 e. The van der Waals surface area contributed by atoms with E-state index in [4.69, 9.17) is 0 Å². The molecule has 2 aliphatic carbocycles. The van der Waals surface area contributed by atoms with Gasteiger partial charge in [-0.3, -0.25) is 4.79 Å². The number of amides is 1. The molecule has 0 saturated heterocycles. The van der Waals surface area contributed by atoms with E-state index in [2.05, 4.69) is 29.7 Å². The second kappa shape index (κ2) is 5.86. The van der Waals surface area contributed by atoms with Gasteiger partial charge in [0.05, 0.1) is 0 Å². The zero-order valence-electron chi connectivity index (χ0n) is 12.2. The third kappa shape index (κ3) is 3.53. The van der Waals surface area contributed by atoms with Gasteiger partial charge in [-0.1, -0.05) is 6.92 Å². The summed E-state index contributed by atoms with van der Waals surface area (Å²) in [5.74, 6) is 1.32. The van der Waals surface area contributed by atoms with Gasteiger partial charge in [-0.05, 0) is 68.7 Å². The van der Waals surface area contributed by atoms with E-state index in [1.165, 1.54) is 25.7 Å². The molecule has 20 heavy (non-hydrogen) atoms. The van der Waals surface area contributed by atoms with Crippen molar-refractivity contribution in [3.63, 3.8) is 0 Å². The lowest BCUT2D eigenvalue weighted by molar-refractivity contribution is -0.117. The molecule has 0 unspecified atom stereocenters. The van der Waals surface area contributed by atoms with Crippen LogP contribution in [0.5, 0.6) is 0 Å². The molecular formula is C17H24N2O. The van der Waals surface area contributed by atoms with Crippen LogP contribution in [0.1, 0.15) is 45.4 Å². The molecule has 2 aliphatic rings. The van der Waals surface area contributed by atoms with E-state index in [9.17, 15) is 4.79 Å². The molecule has 1 aromatic carbocycles. The summed E-state index contributed by atoms with van der Waals surface area (Å²) in [7, 11) is 0. The summed E-state index contributed by atoms with van der Waals surface area (Å²) in [6, 6.07) is 8.74. The van der Waals surface area contributed by atoms with Gasteiger partial charge in [-0.15, -0.1) is 0 Å². The lowest BCUT2D eigenvalue weighted by atomic mass is 9.87. The molecule has 2 fully saturated rings. The Kier molecular flexibility index (Phi) is 3.95. The Hall–Kier alpha value is -1.51. The fraction of sp³-hybridized carbons (Fsp3) is 0.588. The average molecular weight is 272 g/mol. The molecule has 0 spiro atoms. The Morgan fingerprint density at radius 1 is 0.950 bits per heavy atom. The number of nitrogens with one attached hydrogen (secondary N) is 2. The molecule has 3 nitrogen and oxygen atoms in total. The van der Waals surface area contributed by atoms with Crippen molar-refractivity contribution in [3.05, 3.63) is 24.3 Å². The van der Waals surface area contributed by atoms with Gasteiger partial charge in [0.2, 0.25) is 5.91 Å². The summed E-state index contributed by atoms with van der Waals surface area (Å²) < 4.78 is 0. The normalized spacial score (nSPS) is 26.1. The lowest BCUT2D eigenvalue weighted by Crippen LogP contribution is -2.25. The van der Waals surface area contributed by atoms with E-state index in [0.717, 1.165) is 30.1 Å². The maximum Gasteiger partial charge on any atom is 0.227 e. The van der Waals surface area contributed by atoms with Crippen molar-refractivity contribution in [1.82, 2.24) is 0 Å². The molecule has 1 aromatic rings. The zero-order valence-corrected chi connectivity index (χ0v) is 12.2. The SMILES string of the molecule is CC1CCC(Nc2ccc(NC(=O)C3CC3)cc2)CC1. The maximum atomic E-state index is 11.7. The van der Waals surface area contributed by atoms with Crippen LogP contribution in [0.4, 0.5) is 11.4 Å². The Balaban J connectivity index is 1.51. The van der Waals surface area contributed by atoms with E-state index < -0.39 is 0 Å². The summed E-state index contributed by atoms with van der Waals surface area (Å²) in [6.45, 7) is 2.34. The number of carbonyl (C=O) groups is 1. The first-order chi connectivity index (χ1) is 9.70. The molecule has 0 radical (unpaired) electrons. The van der Waals surface area contributed by atoms with Gasteiger partial charge < -0.3 is 10.6 Å². The van der Waals surface area contributed by atoms with E-state index in [-0.39, 0.29) is 11.8 Å².